The predicted octanol–water partition coefficient (Wildman–Crippen LogP) is 22.7. The third-order valence-electron chi connectivity index (χ3n) is 16.4. The molecule has 0 aliphatic heterocycles. The first-order chi connectivity index (χ1) is 38.5. The molecule has 0 spiro atoms. The minimum absolute atomic E-state index is 0.0110. The molecule has 0 saturated heterocycles. The summed E-state index contributed by atoms with van der Waals surface area (Å²) in [5.41, 5.74) is 0. The molecule has 0 fully saturated rings. The zero-order chi connectivity index (χ0) is 56.4. The Morgan fingerprint density at radius 1 is 0.359 bits per heavy atom. The first-order valence-corrected chi connectivity index (χ1v) is 35.3. The zero-order valence-electron chi connectivity index (χ0n) is 52.7. The van der Waals surface area contributed by atoms with E-state index in [-0.39, 0.29) is 18.5 Å². The predicted molar refractivity (Wildman–Crippen MR) is 343 cm³/mol. The number of ether oxygens (including phenoxy) is 1. The van der Waals surface area contributed by atoms with E-state index >= 15 is 0 Å². The minimum atomic E-state index is -0.853. The highest BCUT2D eigenvalue weighted by molar-refractivity contribution is 5.76. The Morgan fingerprint density at radius 2 is 0.641 bits per heavy atom. The van der Waals surface area contributed by atoms with Crippen molar-refractivity contribution in [1.82, 2.24) is 5.32 Å². The average Bonchev–Trinajstić information content (AvgIpc) is 3.44. The van der Waals surface area contributed by atoms with Gasteiger partial charge in [-0.05, 0) is 64.2 Å². The Balaban J connectivity index is 3.46. The van der Waals surface area contributed by atoms with Crippen LogP contribution in [0.5, 0.6) is 0 Å². The summed E-state index contributed by atoms with van der Waals surface area (Å²) < 4.78 is 5.50. The molecule has 3 N–H and O–H groups in total. The second kappa shape index (κ2) is 67.6. The first kappa shape index (κ1) is 76.1. The van der Waals surface area contributed by atoms with Crippen molar-refractivity contribution in [3.63, 3.8) is 0 Å². The van der Waals surface area contributed by atoms with E-state index in [0.717, 1.165) is 57.8 Å². The van der Waals surface area contributed by atoms with Crippen LogP contribution in [-0.4, -0.2) is 47.4 Å². The molecule has 0 aromatic heterocycles. The number of aliphatic hydroxyl groups excluding tert-OH is 2. The maximum Gasteiger partial charge on any atom is 0.305 e. The number of carbonyl (C=O) groups excluding carboxylic acids is 2. The summed E-state index contributed by atoms with van der Waals surface area (Å²) in [6.45, 7) is 4.93. The Labute approximate surface area is 487 Å². The molecule has 0 heterocycles. The Morgan fingerprint density at radius 3 is 0.974 bits per heavy atom. The largest absolute Gasteiger partial charge is 0.466 e. The summed E-state index contributed by atoms with van der Waals surface area (Å²) in [6, 6.07) is -0.637. The quantitative estimate of drug-likeness (QED) is 0.0320. The third-order valence-corrected chi connectivity index (χ3v) is 16.4. The first-order valence-electron chi connectivity index (χ1n) is 35.3. The van der Waals surface area contributed by atoms with Gasteiger partial charge in [0.15, 0.2) is 0 Å². The molecule has 6 heteroatoms. The van der Waals surface area contributed by atoms with E-state index in [2.05, 4.69) is 43.5 Å². The molecule has 0 bridgehead atoms. The van der Waals surface area contributed by atoms with Crippen LogP contribution >= 0.6 is 0 Å². The van der Waals surface area contributed by atoms with Gasteiger partial charge in [0.2, 0.25) is 5.91 Å². The Hall–Kier alpha value is -1.92. The average molecular weight is 1100 g/mol. The summed E-state index contributed by atoms with van der Waals surface area (Å²) in [5.74, 6) is -0.0640. The topological polar surface area (TPSA) is 95.9 Å². The summed E-state index contributed by atoms with van der Waals surface area (Å²) in [7, 11) is 0. The molecule has 0 aliphatic carbocycles. The fourth-order valence-electron chi connectivity index (χ4n) is 11.0. The number of amides is 1. The number of hydrogen-bond donors (Lipinski definition) is 3. The van der Waals surface area contributed by atoms with Gasteiger partial charge in [0, 0.05) is 12.8 Å². The molecular formula is C72H137NO5. The molecular weight excluding hydrogens is 959 g/mol. The molecule has 2 atom stereocenters. The maximum absolute atomic E-state index is 12.5. The van der Waals surface area contributed by atoms with Gasteiger partial charge in [-0.15, -0.1) is 0 Å². The van der Waals surface area contributed by atoms with Gasteiger partial charge in [-0.2, -0.15) is 0 Å². The van der Waals surface area contributed by atoms with Crippen LogP contribution in [-0.2, 0) is 14.3 Å². The van der Waals surface area contributed by atoms with Crippen molar-refractivity contribution in [3.05, 3.63) is 36.5 Å². The van der Waals surface area contributed by atoms with Crippen LogP contribution in [0, 0.1) is 0 Å². The molecule has 460 valence electrons. The SMILES string of the molecule is CCCCCCCCCCCCCCCCCCCCC/C=C/C(O)C(CO)NC(=O)CCCCCCCCC/C=C\C/C=C\CCCCCCCCCCCOC(=O)CCCCCCCCCCCCCCCCCCC. The van der Waals surface area contributed by atoms with Gasteiger partial charge in [-0.25, -0.2) is 0 Å². The molecule has 0 radical (unpaired) electrons. The molecule has 2 unspecified atom stereocenters. The molecule has 78 heavy (non-hydrogen) atoms. The van der Waals surface area contributed by atoms with Gasteiger partial charge in [0.25, 0.3) is 0 Å². The summed E-state index contributed by atoms with van der Waals surface area (Å²) >= 11 is 0. The van der Waals surface area contributed by atoms with E-state index in [4.69, 9.17) is 4.74 Å². The number of aliphatic hydroxyl groups is 2. The smallest absolute Gasteiger partial charge is 0.305 e. The Kier molecular flexibility index (Phi) is 65.9. The molecule has 0 saturated carbocycles. The molecule has 0 aromatic carbocycles. The molecule has 0 rings (SSSR count). The van der Waals surface area contributed by atoms with E-state index in [1.165, 1.54) is 302 Å². The van der Waals surface area contributed by atoms with Crippen molar-refractivity contribution in [3.8, 4) is 0 Å². The second-order valence-corrected chi connectivity index (χ2v) is 24.2. The molecule has 1 amide bonds. The van der Waals surface area contributed by atoms with E-state index in [9.17, 15) is 19.8 Å². The van der Waals surface area contributed by atoms with Crippen LogP contribution in [0.3, 0.4) is 0 Å². The van der Waals surface area contributed by atoms with Gasteiger partial charge in [0.1, 0.15) is 0 Å². The van der Waals surface area contributed by atoms with Crippen LogP contribution in [0.25, 0.3) is 0 Å². The van der Waals surface area contributed by atoms with E-state index < -0.39 is 12.1 Å². The summed E-state index contributed by atoms with van der Waals surface area (Å²) in [4.78, 5) is 24.6. The van der Waals surface area contributed by atoms with Crippen LogP contribution < -0.4 is 5.32 Å². The number of hydrogen-bond acceptors (Lipinski definition) is 5. The Bertz CT molecular complexity index is 1260. The van der Waals surface area contributed by atoms with Gasteiger partial charge in [-0.1, -0.05) is 346 Å². The molecule has 0 aliphatic rings. The standard InChI is InChI=1S/C72H137NO5/c1-3-5-7-9-11-13-15-17-19-21-22-26-29-33-36-40-44-48-52-56-60-64-70(75)69(68-74)73-71(76)65-61-57-53-49-45-41-37-34-30-27-24-23-25-28-31-35-39-43-47-51-55-59-63-67-78-72(77)66-62-58-54-50-46-42-38-32-20-18-16-14-12-10-8-6-4-2/h23,25,27,30,60,64,69-70,74-75H,3-22,24,26,28-29,31-59,61-63,65-68H2,1-2H3,(H,73,76)/b25-23-,30-27-,64-60+. The van der Waals surface area contributed by atoms with Crippen LogP contribution in [0.1, 0.15) is 386 Å². The van der Waals surface area contributed by atoms with Gasteiger partial charge in [-0.3, -0.25) is 9.59 Å². The van der Waals surface area contributed by atoms with Crippen molar-refractivity contribution in [1.29, 1.82) is 0 Å². The van der Waals surface area contributed by atoms with Crippen molar-refractivity contribution in [2.24, 2.45) is 0 Å². The van der Waals surface area contributed by atoms with Gasteiger partial charge >= 0.3 is 5.97 Å². The van der Waals surface area contributed by atoms with E-state index in [1.807, 2.05) is 6.08 Å². The minimum Gasteiger partial charge on any atom is -0.466 e. The van der Waals surface area contributed by atoms with Crippen molar-refractivity contribution in [2.45, 2.75) is 398 Å². The molecule has 0 aromatic rings. The lowest BCUT2D eigenvalue weighted by molar-refractivity contribution is -0.143. The highest BCUT2D eigenvalue weighted by Gasteiger charge is 2.18. The second-order valence-electron chi connectivity index (χ2n) is 24.2. The summed E-state index contributed by atoms with van der Waals surface area (Å²) in [6.07, 6.45) is 86.4. The normalized spacial score (nSPS) is 12.7. The van der Waals surface area contributed by atoms with Crippen LogP contribution in [0.2, 0.25) is 0 Å². The lowest BCUT2D eigenvalue weighted by Crippen LogP contribution is -2.45. The third kappa shape index (κ3) is 63.3. The number of rotatable bonds is 66. The lowest BCUT2D eigenvalue weighted by atomic mass is 10.0. The van der Waals surface area contributed by atoms with Crippen molar-refractivity contribution < 1.29 is 24.5 Å². The fourth-order valence-corrected chi connectivity index (χ4v) is 11.0. The summed E-state index contributed by atoms with van der Waals surface area (Å²) in [5, 5.41) is 23.2. The van der Waals surface area contributed by atoms with Crippen LogP contribution in [0.15, 0.2) is 36.5 Å². The maximum atomic E-state index is 12.5. The zero-order valence-corrected chi connectivity index (χ0v) is 52.7. The number of allylic oxidation sites excluding steroid dienone is 5. The van der Waals surface area contributed by atoms with Gasteiger partial charge < -0.3 is 20.3 Å². The number of esters is 1. The number of unbranched alkanes of at least 4 members (excludes halogenated alkanes) is 51. The number of carbonyl (C=O) groups is 2. The van der Waals surface area contributed by atoms with E-state index in [1.54, 1.807) is 6.08 Å². The van der Waals surface area contributed by atoms with E-state index in [0.29, 0.717) is 19.4 Å². The van der Waals surface area contributed by atoms with Crippen LogP contribution in [0.4, 0.5) is 0 Å². The van der Waals surface area contributed by atoms with Gasteiger partial charge in [0.05, 0.1) is 25.4 Å². The molecule has 6 nitrogen and oxygen atoms in total. The monoisotopic (exact) mass is 1100 g/mol. The highest BCUT2D eigenvalue weighted by Crippen LogP contribution is 2.18. The number of nitrogens with one attached hydrogen (secondary N) is 1. The van der Waals surface area contributed by atoms with Crippen molar-refractivity contribution in [2.75, 3.05) is 13.2 Å². The van der Waals surface area contributed by atoms with Crippen molar-refractivity contribution >= 4 is 11.9 Å². The highest BCUT2D eigenvalue weighted by atomic mass is 16.5. The lowest BCUT2D eigenvalue weighted by Gasteiger charge is -2.20. The fraction of sp³-hybridized carbons (Fsp3) is 0.889.